The number of ether oxygens (including phenoxy) is 2. The summed E-state index contributed by atoms with van der Waals surface area (Å²) in [7, 11) is 0. The van der Waals surface area contributed by atoms with Gasteiger partial charge in [0.15, 0.2) is 0 Å². The molecule has 6 nitrogen and oxygen atoms in total. The zero-order chi connectivity index (χ0) is 28.1. The number of nitrogens with zero attached hydrogens (tertiary/aromatic N) is 1. The summed E-state index contributed by atoms with van der Waals surface area (Å²) in [5.74, 6) is -0.504. The Hall–Kier alpha value is -3.33. The van der Waals surface area contributed by atoms with E-state index in [0.717, 1.165) is 31.4 Å². The number of hydrogen-bond donors (Lipinski definition) is 3. The second-order valence-corrected chi connectivity index (χ2v) is 10.3. The fourth-order valence-corrected chi connectivity index (χ4v) is 5.21. The molecule has 0 radical (unpaired) electrons. The lowest BCUT2D eigenvalue weighted by Gasteiger charge is -2.41. The molecule has 1 aliphatic carbocycles. The Bertz CT molecular complexity index is 1230. The van der Waals surface area contributed by atoms with Crippen LogP contribution in [0, 0.1) is 22.6 Å². The van der Waals surface area contributed by atoms with Crippen LogP contribution >= 0.6 is 0 Å². The van der Waals surface area contributed by atoms with E-state index in [1.807, 2.05) is 6.07 Å². The third kappa shape index (κ3) is 7.01. The Balaban J connectivity index is 1.49. The van der Waals surface area contributed by atoms with E-state index in [1.54, 1.807) is 25.1 Å². The standard InChI is InChI=1S/C30H36F3N3O3/c1-3-6-20-15-22(13-14-36(20)21-11-12-23(18(2)34)26(31)16-21)38-17-25(29(37)19-9-10-19)28(35)24-7-4-5-8-27(24)39-30(32)33/h4-5,7-8,11-12,16,19-20,22,30,34-35,37H,3,6,9-10,13-15,17H2,1-2H3/b29-25-,34-18?,35-28?. The number of para-hydroxylation sites is 1. The van der Waals surface area contributed by atoms with Gasteiger partial charge in [0.05, 0.1) is 18.4 Å². The van der Waals surface area contributed by atoms with E-state index in [-0.39, 0.29) is 58.7 Å². The van der Waals surface area contributed by atoms with E-state index < -0.39 is 12.4 Å². The maximum atomic E-state index is 14.6. The van der Waals surface area contributed by atoms with Gasteiger partial charge >= 0.3 is 6.61 Å². The minimum absolute atomic E-state index is 0.0182. The summed E-state index contributed by atoms with van der Waals surface area (Å²) in [4.78, 5) is 2.19. The number of rotatable bonds is 12. The molecule has 1 saturated carbocycles. The molecular weight excluding hydrogens is 507 g/mol. The molecule has 2 aromatic rings. The van der Waals surface area contributed by atoms with E-state index in [0.29, 0.717) is 24.9 Å². The highest BCUT2D eigenvalue weighted by Gasteiger charge is 2.33. The number of aliphatic hydroxyl groups excluding tert-OH is 1. The number of halogens is 3. The maximum Gasteiger partial charge on any atom is 0.387 e. The lowest BCUT2D eigenvalue weighted by molar-refractivity contribution is -0.0499. The van der Waals surface area contributed by atoms with Gasteiger partial charge in [-0.15, -0.1) is 0 Å². The van der Waals surface area contributed by atoms with Crippen LogP contribution in [-0.4, -0.2) is 48.4 Å². The molecule has 39 heavy (non-hydrogen) atoms. The predicted octanol–water partition coefficient (Wildman–Crippen LogP) is 7.26. The van der Waals surface area contributed by atoms with Crippen LogP contribution < -0.4 is 9.64 Å². The van der Waals surface area contributed by atoms with Gasteiger partial charge in [0.2, 0.25) is 0 Å². The van der Waals surface area contributed by atoms with Crippen LogP contribution in [0.25, 0.3) is 0 Å². The van der Waals surface area contributed by atoms with E-state index >= 15 is 0 Å². The number of nitrogens with one attached hydrogen (secondary N) is 2. The Morgan fingerprint density at radius 1 is 1.10 bits per heavy atom. The van der Waals surface area contributed by atoms with Crippen molar-refractivity contribution in [1.82, 2.24) is 0 Å². The molecule has 0 spiro atoms. The average molecular weight is 544 g/mol. The van der Waals surface area contributed by atoms with Crippen molar-refractivity contribution in [2.24, 2.45) is 5.92 Å². The highest BCUT2D eigenvalue weighted by Crippen LogP contribution is 2.38. The number of allylic oxidation sites excluding steroid dienone is 1. The molecule has 210 valence electrons. The molecule has 2 aromatic carbocycles. The minimum Gasteiger partial charge on any atom is -0.512 e. The minimum atomic E-state index is -3.03. The molecule has 1 aliphatic heterocycles. The third-order valence-corrected chi connectivity index (χ3v) is 7.39. The predicted molar refractivity (Wildman–Crippen MR) is 146 cm³/mol. The summed E-state index contributed by atoms with van der Waals surface area (Å²) in [6.07, 6.45) is 4.65. The number of anilines is 1. The molecule has 1 saturated heterocycles. The molecule has 4 rings (SSSR count). The largest absolute Gasteiger partial charge is 0.512 e. The van der Waals surface area contributed by atoms with Crippen molar-refractivity contribution in [3.8, 4) is 5.75 Å². The van der Waals surface area contributed by atoms with Gasteiger partial charge in [0.1, 0.15) is 17.3 Å². The fraction of sp³-hybridized carbons (Fsp3) is 0.467. The summed E-state index contributed by atoms with van der Waals surface area (Å²) in [5.41, 5.74) is 1.63. The van der Waals surface area contributed by atoms with E-state index in [1.165, 1.54) is 18.2 Å². The van der Waals surface area contributed by atoms with Crippen LogP contribution in [0.3, 0.4) is 0 Å². The first kappa shape index (κ1) is 28.7. The van der Waals surface area contributed by atoms with Crippen molar-refractivity contribution < 1.29 is 27.8 Å². The van der Waals surface area contributed by atoms with Gasteiger partial charge in [-0.05, 0) is 69.4 Å². The smallest absolute Gasteiger partial charge is 0.387 e. The lowest BCUT2D eigenvalue weighted by atomic mass is 9.94. The normalized spacial score (nSPS) is 20.1. The zero-order valence-electron chi connectivity index (χ0n) is 22.4. The molecule has 3 N–H and O–H groups in total. The highest BCUT2D eigenvalue weighted by atomic mass is 19.3. The number of aliphatic hydroxyl groups is 1. The van der Waals surface area contributed by atoms with Crippen molar-refractivity contribution in [2.75, 3.05) is 18.1 Å². The van der Waals surface area contributed by atoms with Crippen molar-refractivity contribution >= 4 is 17.1 Å². The van der Waals surface area contributed by atoms with Gasteiger partial charge < -0.3 is 24.9 Å². The first-order valence-electron chi connectivity index (χ1n) is 13.5. The van der Waals surface area contributed by atoms with Gasteiger partial charge in [-0.25, -0.2) is 4.39 Å². The second kappa shape index (κ2) is 12.7. The van der Waals surface area contributed by atoms with Crippen molar-refractivity contribution in [3.05, 3.63) is 70.7 Å². The topological polar surface area (TPSA) is 89.6 Å². The SMILES string of the molecule is CCCC1CC(OC/C(C(=N)c2ccccc2OC(F)F)=C(/O)C2CC2)CCN1c1ccc(C(C)=N)c(F)c1. The van der Waals surface area contributed by atoms with E-state index in [9.17, 15) is 18.3 Å². The lowest BCUT2D eigenvalue weighted by Crippen LogP contribution is -2.45. The van der Waals surface area contributed by atoms with Gasteiger partial charge in [0.25, 0.3) is 0 Å². The maximum absolute atomic E-state index is 14.6. The molecule has 0 amide bonds. The van der Waals surface area contributed by atoms with Gasteiger partial charge in [0, 0.05) is 46.6 Å². The first-order valence-corrected chi connectivity index (χ1v) is 13.5. The van der Waals surface area contributed by atoms with Gasteiger partial charge in [-0.3, -0.25) is 5.41 Å². The van der Waals surface area contributed by atoms with Crippen LogP contribution in [0.15, 0.2) is 53.8 Å². The molecule has 0 aromatic heterocycles. The third-order valence-electron chi connectivity index (χ3n) is 7.39. The average Bonchev–Trinajstić information content (AvgIpc) is 3.74. The second-order valence-electron chi connectivity index (χ2n) is 10.3. The molecular formula is C30H36F3N3O3. The summed E-state index contributed by atoms with van der Waals surface area (Å²) in [6, 6.07) is 11.2. The Morgan fingerprint density at radius 2 is 1.85 bits per heavy atom. The highest BCUT2D eigenvalue weighted by molar-refractivity contribution is 6.12. The molecule has 2 atom stereocenters. The van der Waals surface area contributed by atoms with Crippen LogP contribution in [0.2, 0.25) is 0 Å². The number of alkyl halides is 2. The summed E-state index contributed by atoms with van der Waals surface area (Å²) >= 11 is 0. The zero-order valence-corrected chi connectivity index (χ0v) is 22.4. The van der Waals surface area contributed by atoms with Crippen molar-refractivity contribution in [2.45, 2.75) is 71.1 Å². The molecule has 2 fully saturated rings. The van der Waals surface area contributed by atoms with Gasteiger partial charge in [-0.1, -0.05) is 25.5 Å². The number of piperidine rings is 1. The molecule has 9 heteroatoms. The Morgan fingerprint density at radius 3 is 2.49 bits per heavy atom. The Kier molecular flexibility index (Phi) is 9.32. The fourth-order valence-electron chi connectivity index (χ4n) is 5.21. The molecule has 1 heterocycles. The van der Waals surface area contributed by atoms with E-state index in [4.69, 9.17) is 15.6 Å². The quantitative estimate of drug-likeness (QED) is 0.194. The van der Waals surface area contributed by atoms with Gasteiger partial charge in [-0.2, -0.15) is 8.78 Å². The van der Waals surface area contributed by atoms with Crippen LogP contribution in [0.5, 0.6) is 5.75 Å². The molecule has 2 unspecified atom stereocenters. The van der Waals surface area contributed by atoms with Crippen molar-refractivity contribution in [1.29, 1.82) is 10.8 Å². The number of hydrogen-bond acceptors (Lipinski definition) is 6. The van der Waals surface area contributed by atoms with Crippen molar-refractivity contribution in [3.63, 3.8) is 0 Å². The Labute approximate surface area is 227 Å². The van der Waals surface area contributed by atoms with Crippen LogP contribution in [-0.2, 0) is 4.74 Å². The summed E-state index contributed by atoms with van der Waals surface area (Å²) in [6.45, 7) is 1.26. The van der Waals surface area contributed by atoms with E-state index in [2.05, 4.69) is 16.6 Å². The molecule has 2 aliphatic rings. The molecule has 0 bridgehead atoms. The monoisotopic (exact) mass is 543 g/mol. The summed E-state index contributed by atoms with van der Waals surface area (Å²) < 4.78 is 51.5. The first-order chi connectivity index (χ1) is 18.7. The number of benzene rings is 2. The van der Waals surface area contributed by atoms with Crippen LogP contribution in [0.1, 0.15) is 63.5 Å². The summed E-state index contributed by atoms with van der Waals surface area (Å²) in [5, 5.41) is 27.4. The van der Waals surface area contributed by atoms with Crippen LogP contribution in [0.4, 0.5) is 18.9 Å².